The van der Waals surface area contributed by atoms with Crippen LogP contribution in [0.25, 0.3) is 28.1 Å². The molecular formula is C21H21FN6. The molecule has 6 nitrogen and oxygen atoms in total. The molecule has 0 unspecified atom stereocenters. The fourth-order valence-corrected chi connectivity index (χ4v) is 3.94. The second kappa shape index (κ2) is 6.61. The van der Waals surface area contributed by atoms with Crippen LogP contribution in [-0.4, -0.2) is 43.6 Å². The van der Waals surface area contributed by atoms with Gasteiger partial charge in [0.05, 0.1) is 0 Å². The number of nitrogens with zero attached hydrogens (tertiary/aromatic N) is 5. The molecule has 0 saturated carbocycles. The number of para-hydroxylation sites is 1. The molecule has 28 heavy (non-hydrogen) atoms. The predicted octanol–water partition coefficient (Wildman–Crippen LogP) is 3.18. The zero-order chi connectivity index (χ0) is 19.3. The fraction of sp³-hybridized carbons (Fsp3) is 0.286. The third-order valence-corrected chi connectivity index (χ3v) is 5.61. The average molecular weight is 376 g/mol. The van der Waals surface area contributed by atoms with E-state index >= 15 is 0 Å². The Labute approximate surface area is 161 Å². The van der Waals surface area contributed by atoms with E-state index in [4.69, 9.17) is 5.73 Å². The minimum atomic E-state index is -0.340. The summed E-state index contributed by atoms with van der Waals surface area (Å²) in [5.74, 6) is 0.264. The normalized spacial score (nSPS) is 18.9. The van der Waals surface area contributed by atoms with E-state index in [9.17, 15) is 4.39 Å². The molecular weight excluding hydrogens is 355 g/mol. The van der Waals surface area contributed by atoms with Gasteiger partial charge in [-0.1, -0.05) is 24.3 Å². The summed E-state index contributed by atoms with van der Waals surface area (Å²) in [7, 11) is 0. The lowest BCUT2D eigenvalue weighted by molar-refractivity contribution is 0.259. The van der Waals surface area contributed by atoms with E-state index < -0.39 is 0 Å². The van der Waals surface area contributed by atoms with Crippen molar-refractivity contribution in [1.82, 2.24) is 24.5 Å². The van der Waals surface area contributed by atoms with Crippen molar-refractivity contribution in [3.05, 3.63) is 60.0 Å². The van der Waals surface area contributed by atoms with Gasteiger partial charge in [0.2, 0.25) is 0 Å². The first-order valence-electron chi connectivity index (χ1n) is 9.50. The summed E-state index contributed by atoms with van der Waals surface area (Å²) >= 11 is 0. The van der Waals surface area contributed by atoms with E-state index in [1.54, 1.807) is 6.07 Å². The maximum absolute atomic E-state index is 14.2. The van der Waals surface area contributed by atoms with E-state index in [0.29, 0.717) is 17.0 Å². The van der Waals surface area contributed by atoms with Crippen LogP contribution in [-0.2, 0) is 0 Å². The zero-order valence-electron chi connectivity index (χ0n) is 15.6. The van der Waals surface area contributed by atoms with Crippen molar-refractivity contribution < 1.29 is 4.39 Å². The van der Waals surface area contributed by atoms with Crippen molar-refractivity contribution in [3.63, 3.8) is 0 Å². The number of nitrogens with two attached hydrogens (primary N) is 1. The molecule has 2 atom stereocenters. The quantitative estimate of drug-likeness (QED) is 0.595. The Kier molecular flexibility index (Phi) is 4.07. The van der Waals surface area contributed by atoms with Gasteiger partial charge >= 0.3 is 0 Å². The molecule has 0 aliphatic carbocycles. The van der Waals surface area contributed by atoms with Gasteiger partial charge in [0.1, 0.15) is 17.0 Å². The van der Waals surface area contributed by atoms with Gasteiger partial charge in [-0.3, -0.25) is 9.30 Å². The lowest BCUT2D eigenvalue weighted by Gasteiger charge is -2.24. The number of likely N-dealkylation sites (tertiary alicyclic amines) is 1. The third-order valence-electron chi connectivity index (χ3n) is 5.61. The molecule has 2 N–H and O–H groups in total. The summed E-state index contributed by atoms with van der Waals surface area (Å²) in [6.45, 7) is 4.09. The molecule has 0 radical (unpaired) electrons. The molecule has 1 aromatic carbocycles. The smallest absolute Gasteiger partial charge is 0.187 e. The van der Waals surface area contributed by atoms with Crippen molar-refractivity contribution in [3.8, 4) is 11.5 Å². The van der Waals surface area contributed by atoms with Crippen LogP contribution in [0.4, 0.5) is 4.39 Å². The van der Waals surface area contributed by atoms with Crippen molar-refractivity contribution in [2.24, 2.45) is 5.73 Å². The average Bonchev–Trinajstić information content (AvgIpc) is 3.33. The lowest BCUT2D eigenvalue weighted by Crippen LogP contribution is -2.28. The van der Waals surface area contributed by atoms with Crippen LogP contribution in [0.2, 0.25) is 0 Å². The first kappa shape index (κ1) is 17.2. The van der Waals surface area contributed by atoms with Crippen LogP contribution in [0.15, 0.2) is 48.7 Å². The second-order valence-corrected chi connectivity index (χ2v) is 7.44. The maximum atomic E-state index is 14.2. The van der Waals surface area contributed by atoms with Crippen LogP contribution in [0.5, 0.6) is 0 Å². The van der Waals surface area contributed by atoms with Crippen LogP contribution in [0, 0.1) is 5.82 Å². The topological polar surface area (TPSA) is 72.3 Å². The number of benzene rings is 1. The van der Waals surface area contributed by atoms with Gasteiger partial charge < -0.3 is 5.73 Å². The SMILES string of the molecule is C[C@@H](c1ccc2nnc(-c3ccc4cccc(F)c4n3)n2c1)N1CC[C@H](N)C1. The number of aromatic nitrogens is 4. The molecule has 1 aliphatic heterocycles. The van der Waals surface area contributed by atoms with E-state index in [0.717, 1.165) is 36.1 Å². The van der Waals surface area contributed by atoms with E-state index in [1.165, 1.54) is 6.07 Å². The molecule has 1 saturated heterocycles. The summed E-state index contributed by atoms with van der Waals surface area (Å²) in [4.78, 5) is 6.89. The monoisotopic (exact) mass is 376 g/mol. The van der Waals surface area contributed by atoms with Crippen molar-refractivity contribution in [2.75, 3.05) is 13.1 Å². The van der Waals surface area contributed by atoms with E-state index in [2.05, 4.69) is 33.1 Å². The number of pyridine rings is 2. The Morgan fingerprint density at radius 2 is 2.04 bits per heavy atom. The molecule has 142 valence electrons. The summed E-state index contributed by atoms with van der Waals surface area (Å²) in [5, 5.41) is 9.32. The molecule has 4 heterocycles. The number of rotatable bonds is 3. The van der Waals surface area contributed by atoms with Gasteiger partial charge in [0.25, 0.3) is 0 Å². The van der Waals surface area contributed by atoms with Crippen molar-refractivity contribution in [1.29, 1.82) is 0 Å². The summed E-state index contributed by atoms with van der Waals surface area (Å²) < 4.78 is 16.1. The minimum Gasteiger partial charge on any atom is -0.326 e. The summed E-state index contributed by atoms with van der Waals surface area (Å²) in [6.07, 6.45) is 3.07. The molecule has 0 bridgehead atoms. The maximum Gasteiger partial charge on any atom is 0.187 e. The third kappa shape index (κ3) is 2.83. The van der Waals surface area contributed by atoms with Crippen LogP contribution < -0.4 is 5.73 Å². The molecule has 1 aliphatic rings. The van der Waals surface area contributed by atoms with Gasteiger partial charge in [-0.25, -0.2) is 9.37 Å². The highest BCUT2D eigenvalue weighted by molar-refractivity contribution is 5.81. The van der Waals surface area contributed by atoms with Gasteiger partial charge in [-0.15, -0.1) is 10.2 Å². The highest BCUT2D eigenvalue weighted by Gasteiger charge is 2.25. The van der Waals surface area contributed by atoms with Crippen molar-refractivity contribution in [2.45, 2.75) is 25.4 Å². The molecule has 3 aromatic heterocycles. The Hall–Kier alpha value is -2.90. The highest BCUT2D eigenvalue weighted by atomic mass is 19.1. The standard InChI is InChI=1S/C21H21FN6/c1-13(27-10-9-16(23)12-27)15-6-8-19-25-26-21(28(19)11-15)18-7-5-14-3-2-4-17(22)20(14)24-18/h2-8,11,13,16H,9-10,12,23H2,1H3/t13-,16-/m0/s1. The first-order valence-corrected chi connectivity index (χ1v) is 9.50. The van der Waals surface area contributed by atoms with Gasteiger partial charge in [0, 0.05) is 36.8 Å². The molecule has 1 fully saturated rings. The second-order valence-electron chi connectivity index (χ2n) is 7.44. The largest absolute Gasteiger partial charge is 0.326 e. The Morgan fingerprint density at radius 3 is 2.86 bits per heavy atom. The number of fused-ring (bicyclic) bond motifs is 2. The number of halogens is 1. The predicted molar refractivity (Wildman–Crippen MR) is 106 cm³/mol. The molecule has 7 heteroatoms. The van der Waals surface area contributed by atoms with Gasteiger partial charge in [-0.2, -0.15) is 0 Å². The molecule has 4 aromatic rings. The number of hydrogen-bond acceptors (Lipinski definition) is 5. The van der Waals surface area contributed by atoms with E-state index in [1.807, 2.05) is 34.9 Å². The van der Waals surface area contributed by atoms with E-state index in [-0.39, 0.29) is 17.9 Å². The van der Waals surface area contributed by atoms with Crippen LogP contribution >= 0.6 is 0 Å². The highest BCUT2D eigenvalue weighted by Crippen LogP contribution is 2.27. The molecule has 0 spiro atoms. The summed E-state index contributed by atoms with van der Waals surface area (Å²) in [6, 6.07) is 13.2. The lowest BCUT2D eigenvalue weighted by atomic mass is 10.1. The Morgan fingerprint density at radius 1 is 1.14 bits per heavy atom. The molecule has 0 amide bonds. The minimum absolute atomic E-state index is 0.244. The molecule has 5 rings (SSSR count). The zero-order valence-corrected chi connectivity index (χ0v) is 15.6. The Balaban J connectivity index is 1.58. The Bertz CT molecular complexity index is 1170. The fourth-order valence-electron chi connectivity index (χ4n) is 3.94. The van der Waals surface area contributed by atoms with Gasteiger partial charge in [-0.05, 0) is 37.1 Å². The first-order chi connectivity index (χ1) is 13.6. The van der Waals surface area contributed by atoms with Crippen LogP contribution in [0.1, 0.15) is 24.9 Å². The van der Waals surface area contributed by atoms with Crippen LogP contribution in [0.3, 0.4) is 0 Å². The van der Waals surface area contributed by atoms with Crippen molar-refractivity contribution >= 4 is 16.6 Å². The summed E-state index contributed by atoms with van der Waals surface area (Å²) in [5.41, 5.74) is 8.90. The van der Waals surface area contributed by atoms with Gasteiger partial charge in [0.15, 0.2) is 11.5 Å². The number of hydrogen-bond donors (Lipinski definition) is 1.